The van der Waals surface area contributed by atoms with E-state index in [9.17, 15) is 22.8 Å². The molecule has 47 heavy (non-hydrogen) atoms. The van der Waals surface area contributed by atoms with Crippen molar-refractivity contribution in [1.82, 2.24) is 0 Å². The van der Waals surface area contributed by atoms with E-state index in [1.165, 1.54) is 14.3 Å². The number of carbonyl (C=O) groups excluding carboxylic acids is 2. The van der Waals surface area contributed by atoms with Crippen molar-refractivity contribution in [2.75, 3.05) is 26.9 Å². The normalized spacial score (nSPS) is 11.1. The fourth-order valence-electron chi connectivity index (χ4n) is 3.95. The Labute approximate surface area is 293 Å². The van der Waals surface area contributed by atoms with Gasteiger partial charge in [0.2, 0.25) is 0 Å². The predicted octanol–water partition coefficient (Wildman–Crippen LogP) is 4.97. The first kappa shape index (κ1) is 36.1. The van der Waals surface area contributed by atoms with Crippen molar-refractivity contribution < 1.29 is 72.4 Å². The molecule has 0 aliphatic rings. The van der Waals surface area contributed by atoms with Gasteiger partial charge >= 0.3 is 39.3 Å². The molecule has 0 bridgehead atoms. The summed E-state index contributed by atoms with van der Waals surface area (Å²) in [6, 6.07) is 22.9. The second kappa shape index (κ2) is 16.4. The predicted molar refractivity (Wildman–Crippen MR) is 170 cm³/mol. The number of hydrogen-bond acceptors (Lipinski definition) is 8. The Morgan fingerprint density at radius 1 is 0.681 bits per heavy atom. The van der Waals surface area contributed by atoms with Crippen molar-refractivity contribution in [2.45, 2.75) is 26.9 Å². The summed E-state index contributed by atoms with van der Waals surface area (Å²) in [7, 11) is 1.31. The van der Waals surface area contributed by atoms with Crippen molar-refractivity contribution in [1.29, 1.82) is 0 Å². The lowest BCUT2D eigenvalue weighted by Crippen LogP contribution is -3.61. The molecule has 0 aromatic heterocycles. The maximum atomic E-state index is 12.2. The third-order valence-electron chi connectivity index (χ3n) is 6.32. The molecule has 8 nitrogen and oxygen atoms in total. The first-order chi connectivity index (χ1) is 22.3. The van der Waals surface area contributed by atoms with Gasteiger partial charge in [-0.05, 0) is 133 Å². The van der Waals surface area contributed by atoms with Gasteiger partial charge in [-0.15, -0.1) is 0 Å². The molecule has 13 heteroatoms. The lowest BCUT2D eigenvalue weighted by Gasteiger charge is -2.14. The van der Waals surface area contributed by atoms with Gasteiger partial charge in [-0.3, -0.25) is 0 Å². The quantitative estimate of drug-likeness (QED) is 0.138. The van der Waals surface area contributed by atoms with Crippen LogP contribution in [0.3, 0.4) is 0 Å². The maximum Gasteiger partial charge on any atom is 0.422 e. The molecule has 0 fully saturated rings. The van der Waals surface area contributed by atoms with Gasteiger partial charge in [-0.1, -0.05) is 0 Å². The molecule has 0 amide bonds. The zero-order valence-electron chi connectivity index (χ0n) is 25.7. The van der Waals surface area contributed by atoms with E-state index in [-0.39, 0.29) is 6.61 Å². The van der Waals surface area contributed by atoms with Gasteiger partial charge in [0.05, 0.1) is 10.7 Å². The number of ether oxygens (including phenoxy) is 6. The van der Waals surface area contributed by atoms with E-state index in [0.717, 1.165) is 11.1 Å². The van der Waals surface area contributed by atoms with Gasteiger partial charge in [0, 0.05) is 0 Å². The van der Waals surface area contributed by atoms with Gasteiger partial charge in [0.1, 0.15) is 34.5 Å². The summed E-state index contributed by atoms with van der Waals surface area (Å²) < 4.78 is 71.7. The Hall–Kier alpha value is -3.73. The van der Waals surface area contributed by atoms with E-state index in [2.05, 4.69) is 32.1 Å². The Bertz CT molecular complexity index is 1710. The average molecular weight is 877 g/mol. The summed E-state index contributed by atoms with van der Waals surface area (Å²) in [5.74, 6) is 1.98. The molecule has 4 rings (SSSR count). The largest absolute Gasteiger partial charge is 0.482 e. The molecule has 0 heterocycles. The number of benzene rings is 4. The standard InChI is InChI=1S/C34H30F3I2O8/c1-20-14-30(22(3)13-28(20)43-17-32(40)42-4)46-25-9-5-23(6-10-25)39-24-7-11-26(12-8-24)47-31-15-21(2)29(16-27(31)38)44-18-33(41)45-19-34(35,36)37/h5-16H,17-19H2,1-4H3/q+1. The van der Waals surface area contributed by atoms with Gasteiger partial charge in [0.25, 0.3) is 0 Å². The average Bonchev–Trinajstić information content (AvgIpc) is 3.03. The van der Waals surface area contributed by atoms with E-state index in [1.54, 1.807) is 19.1 Å². The molecular formula is C34H30F3I2O8+. The molecule has 0 aliphatic carbocycles. The number of rotatable bonds is 13. The number of alkyl halides is 3. The maximum absolute atomic E-state index is 12.2. The Kier molecular flexibility index (Phi) is 12.6. The summed E-state index contributed by atoms with van der Waals surface area (Å²) in [6.07, 6.45) is -4.60. The van der Waals surface area contributed by atoms with Gasteiger partial charge in [-0.2, -0.15) is 13.2 Å². The molecule has 0 radical (unpaired) electrons. The van der Waals surface area contributed by atoms with Crippen LogP contribution in [-0.2, 0) is 19.1 Å². The minimum absolute atomic E-state index is 0.162. The highest BCUT2D eigenvalue weighted by Crippen LogP contribution is 2.33. The van der Waals surface area contributed by atoms with Crippen LogP contribution in [0.15, 0.2) is 72.8 Å². The van der Waals surface area contributed by atoms with Crippen LogP contribution in [0.5, 0.6) is 34.5 Å². The molecule has 0 N–H and O–H groups in total. The van der Waals surface area contributed by atoms with Crippen molar-refractivity contribution in [3.8, 4) is 34.5 Å². The molecule has 0 spiro atoms. The molecule has 0 unspecified atom stereocenters. The zero-order chi connectivity index (χ0) is 34.1. The first-order valence-electron chi connectivity index (χ1n) is 14.0. The van der Waals surface area contributed by atoms with E-state index in [0.29, 0.717) is 43.6 Å². The highest BCUT2D eigenvalue weighted by atomic mass is 127. The minimum atomic E-state index is -4.60. The highest BCUT2D eigenvalue weighted by Gasteiger charge is 2.29. The van der Waals surface area contributed by atoms with Crippen LogP contribution in [-0.4, -0.2) is 45.0 Å². The molecule has 0 saturated carbocycles. The smallest absolute Gasteiger partial charge is 0.422 e. The van der Waals surface area contributed by atoms with Crippen molar-refractivity contribution in [3.63, 3.8) is 0 Å². The fraction of sp³-hybridized carbons (Fsp3) is 0.235. The van der Waals surface area contributed by atoms with E-state index in [4.69, 9.17) is 18.9 Å². The zero-order valence-corrected chi connectivity index (χ0v) is 30.0. The SMILES string of the molecule is COC(=O)COc1cc(C)c(Oc2ccc([I+]c3ccc(Oc4cc(C)c(OCC(=O)OCC(F)(F)F)cc4I)cc3)cc2)cc1C. The number of aryl methyl sites for hydroxylation is 3. The van der Waals surface area contributed by atoms with Gasteiger partial charge in [0.15, 0.2) is 27.0 Å². The monoisotopic (exact) mass is 877 g/mol. The third kappa shape index (κ3) is 11.2. The summed E-state index contributed by atoms with van der Waals surface area (Å²) in [6.45, 7) is 3.07. The fourth-order valence-corrected chi connectivity index (χ4v) is 6.65. The third-order valence-corrected chi connectivity index (χ3v) is 9.85. The number of hydrogen-bond donors (Lipinski definition) is 0. The summed E-state index contributed by atoms with van der Waals surface area (Å²) >= 11 is 1.60. The molecule has 248 valence electrons. The highest BCUT2D eigenvalue weighted by molar-refractivity contribution is 14.1. The minimum Gasteiger partial charge on any atom is -0.482 e. The lowest BCUT2D eigenvalue weighted by molar-refractivity contribution is -0.597. The van der Waals surface area contributed by atoms with Crippen molar-refractivity contribution in [2.24, 2.45) is 0 Å². The Morgan fingerprint density at radius 3 is 1.66 bits per heavy atom. The van der Waals surface area contributed by atoms with Crippen LogP contribution >= 0.6 is 22.6 Å². The number of carbonyl (C=O) groups is 2. The molecule has 4 aromatic carbocycles. The van der Waals surface area contributed by atoms with E-state index >= 15 is 0 Å². The van der Waals surface area contributed by atoms with Gasteiger partial charge < -0.3 is 28.4 Å². The lowest BCUT2D eigenvalue weighted by atomic mass is 10.1. The summed E-state index contributed by atoms with van der Waals surface area (Å²) in [5, 5.41) is 0. The van der Waals surface area contributed by atoms with Crippen molar-refractivity contribution in [3.05, 3.63) is 100 Å². The Balaban J connectivity index is 1.31. The van der Waals surface area contributed by atoms with Crippen LogP contribution in [0, 0.1) is 31.5 Å². The summed E-state index contributed by atoms with van der Waals surface area (Å²) in [4.78, 5) is 23.0. The summed E-state index contributed by atoms with van der Waals surface area (Å²) in [5.41, 5.74) is 2.35. The second-order valence-electron chi connectivity index (χ2n) is 10.1. The molecule has 4 aromatic rings. The van der Waals surface area contributed by atoms with Crippen LogP contribution < -0.4 is 40.2 Å². The second-order valence-corrected chi connectivity index (χ2v) is 14.3. The van der Waals surface area contributed by atoms with Crippen LogP contribution in [0.4, 0.5) is 13.2 Å². The molecule has 0 saturated heterocycles. The van der Waals surface area contributed by atoms with Crippen molar-refractivity contribution >= 4 is 34.5 Å². The van der Waals surface area contributed by atoms with Gasteiger partial charge in [-0.25, -0.2) is 9.59 Å². The van der Waals surface area contributed by atoms with Crippen LogP contribution in [0.2, 0.25) is 0 Å². The Morgan fingerprint density at radius 2 is 1.13 bits per heavy atom. The van der Waals surface area contributed by atoms with Crippen LogP contribution in [0.25, 0.3) is 0 Å². The van der Waals surface area contributed by atoms with E-state index < -0.39 is 52.5 Å². The molecule has 0 atom stereocenters. The number of methoxy groups -OCH3 is 1. The number of halogens is 5. The van der Waals surface area contributed by atoms with Crippen LogP contribution in [0.1, 0.15) is 16.7 Å². The first-order valence-corrected chi connectivity index (χ1v) is 17.2. The molecular weight excluding hydrogens is 847 g/mol. The molecule has 0 aliphatic heterocycles. The van der Waals surface area contributed by atoms with E-state index in [1.807, 2.05) is 74.5 Å². The number of esters is 2. The topological polar surface area (TPSA) is 89.5 Å².